The van der Waals surface area contributed by atoms with Crippen LogP contribution in [0.1, 0.15) is 33.3 Å². The van der Waals surface area contributed by atoms with Crippen molar-refractivity contribution in [1.29, 1.82) is 0 Å². The van der Waals surface area contributed by atoms with E-state index in [0.29, 0.717) is 17.6 Å². The number of nitrogens with two attached hydrogens (primary N) is 1. The van der Waals surface area contributed by atoms with Crippen LogP contribution in [0.3, 0.4) is 0 Å². The Morgan fingerprint density at radius 1 is 1.33 bits per heavy atom. The highest BCUT2D eigenvalue weighted by atomic mass is 16.5. The molecule has 0 bridgehead atoms. The average molecular weight is 209 g/mol. The van der Waals surface area contributed by atoms with Gasteiger partial charge in [-0.25, -0.2) is 9.97 Å². The van der Waals surface area contributed by atoms with E-state index >= 15 is 0 Å². The summed E-state index contributed by atoms with van der Waals surface area (Å²) in [4.78, 5) is 8.07. The molecule has 0 spiro atoms. The van der Waals surface area contributed by atoms with Gasteiger partial charge in [0.25, 0.3) is 0 Å². The summed E-state index contributed by atoms with van der Waals surface area (Å²) in [7, 11) is 0. The molecule has 1 atom stereocenters. The van der Waals surface area contributed by atoms with Crippen LogP contribution in [0.2, 0.25) is 0 Å². The molecule has 0 saturated heterocycles. The molecular weight excluding hydrogens is 190 g/mol. The summed E-state index contributed by atoms with van der Waals surface area (Å²) >= 11 is 0. The zero-order valence-electron chi connectivity index (χ0n) is 9.82. The third-order valence-electron chi connectivity index (χ3n) is 2.53. The molecule has 0 aliphatic rings. The molecule has 15 heavy (non-hydrogen) atoms. The van der Waals surface area contributed by atoms with Crippen molar-refractivity contribution < 1.29 is 4.74 Å². The maximum absolute atomic E-state index is 5.75. The lowest BCUT2D eigenvalue weighted by Gasteiger charge is -2.19. The van der Waals surface area contributed by atoms with Crippen LogP contribution in [-0.2, 0) is 6.42 Å². The van der Waals surface area contributed by atoms with E-state index in [4.69, 9.17) is 10.5 Å². The number of ether oxygens (including phenoxy) is 1. The van der Waals surface area contributed by atoms with E-state index in [9.17, 15) is 0 Å². The smallest absolute Gasteiger partial charge is 0.222 e. The van der Waals surface area contributed by atoms with Gasteiger partial charge in [-0.15, -0.1) is 0 Å². The largest absolute Gasteiger partial charge is 0.474 e. The zero-order chi connectivity index (χ0) is 11.4. The van der Waals surface area contributed by atoms with Crippen LogP contribution in [0, 0.1) is 5.92 Å². The van der Waals surface area contributed by atoms with Crippen molar-refractivity contribution in [2.45, 2.75) is 40.2 Å². The Balaban J connectivity index is 2.89. The van der Waals surface area contributed by atoms with Gasteiger partial charge in [0, 0.05) is 0 Å². The minimum absolute atomic E-state index is 0.129. The van der Waals surface area contributed by atoms with Crippen molar-refractivity contribution in [2.24, 2.45) is 5.92 Å². The molecule has 2 N–H and O–H groups in total. The number of nitrogen functional groups attached to an aromatic ring is 1. The van der Waals surface area contributed by atoms with Crippen LogP contribution in [0.25, 0.3) is 0 Å². The molecular formula is C11H19N3O. The quantitative estimate of drug-likeness (QED) is 0.824. The van der Waals surface area contributed by atoms with Crippen LogP contribution in [0.4, 0.5) is 5.82 Å². The van der Waals surface area contributed by atoms with Gasteiger partial charge in [-0.05, 0) is 19.3 Å². The van der Waals surface area contributed by atoms with Crippen molar-refractivity contribution in [1.82, 2.24) is 9.97 Å². The van der Waals surface area contributed by atoms with E-state index in [1.54, 1.807) is 0 Å². The minimum atomic E-state index is 0.129. The summed E-state index contributed by atoms with van der Waals surface area (Å²) < 4.78 is 5.75. The Hall–Kier alpha value is -1.32. The van der Waals surface area contributed by atoms with Crippen LogP contribution in [-0.4, -0.2) is 16.1 Å². The molecule has 0 aromatic carbocycles. The second-order valence-corrected chi connectivity index (χ2v) is 3.96. The Bertz CT molecular complexity index is 326. The second kappa shape index (κ2) is 4.96. The number of hydrogen-bond acceptors (Lipinski definition) is 4. The van der Waals surface area contributed by atoms with Gasteiger partial charge in [-0.2, -0.15) is 0 Å². The lowest BCUT2D eigenvalue weighted by molar-refractivity contribution is 0.161. The summed E-state index contributed by atoms with van der Waals surface area (Å²) in [5.41, 5.74) is 6.65. The maximum atomic E-state index is 5.75. The normalized spacial score (nSPS) is 12.9. The van der Waals surface area contributed by atoms with Crippen LogP contribution >= 0.6 is 0 Å². The van der Waals surface area contributed by atoms with E-state index < -0.39 is 0 Å². The van der Waals surface area contributed by atoms with Crippen molar-refractivity contribution in [2.75, 3.05) is 5.73 Å². The minimum Gasteiger partial charge on any atom is -0.474 e. The first kappa shape index (κ1) is 11.8. The fraction of sp³-hybridized carbons (Fsp3) is 0.636. The number of nitrogens with zero attached hydrogens (tertiary/aromatic N) is 2. The van der Waals surface area contributed by atoms with Gasteiger partial charge < -0.3 is 10.5 Å². The van der Waals surface area contributed by atoms with Crippen LogP contribution in [0.15, 0.2) is 6.33 Å². The van der Waals surface area contributed by atoms with Gasteiger partial charge in [0.05, 0.1) is 11.7 Å². The zero-order valence-corrected chi connectivity index (χ0v) is 9.82. The summed E-state index contributed by atoms with van der Waals surface area (Å²) in [6.45, 7) is 8.27. The van der Waals surface area contributed by atoms with E-state index in [2.05, 4.69) is 23.8 Å². The number of aromatic nitrogens is 2. The van der Waals surface area contributed by atoms with Crippen molar-refractivity contribution in [3.05, 3.63) is 11.9 Å². The third-order valence-corrected chi connectivity index (χ3v) is 2.53. The first-order chi connectivity index (χ1) is 7.06. The number of rotatable bonds is 4. The summed E-state index contributed by atoms with van der Waals surface area (Å²) in [5.74, 6) is 1.58. The standard InChI is InChI=1S/C11H19N3O/c1-5-9-10(12)13-6-14-11(9)15-8(4)7(2)3/h6-8H,5H2,1-4H3,(H2,12,13,14). The molecule has 1 unspecified atom stereocenters. The monoisotopic (exact) mass is 209 g/mol. The van der Waals surface area contributed by atoms with E-state index in [1.807, 2.05) is 13.8 Å². The fourth-order valence-corrected chi connectivity index (χ4v) is 1.15. The second-order valence-electron chi connectivity index (χ2n) is 3.96. The van der Waals surface area contributed by atoms with E-state index in [0.717, 1.165) is 12.0 Å². The lowest BCUT2D eigenvalue weighted by Crippen LogP contribution is -2.20. The molecule has 1 rings (SSSR count). The predicted octanol–water partition coefficient (Wildman–Crippen LogP) is 2.04. The fourth-order valence-electron chi connectivity index (χ4n) is 1.15. The highest BCUT2D eigenvalue weighted by Crippen LogP contribution is 2.22. The lowest BCUT2D eigenvalue weighted by atomic mass is 10.1. The molecule has 1 aromatic rings. The Labute approximate surface area is 90.9 Å². The molecule has 1 heterocycles. The molecule has 0 aliphatic carbocycles. The number of anilines is 1. The van der Waals surface area contributed by atoms with Crippen molar-refractivity contribution >= 4 is 5.82 Å². The molecule has 84 valence electrons. The Kier molecular flexibility index (Phi) is 3.88. The Morgan fingerprint density at radius 2 is 2.00 bits per heavy atom. The van der Waals surface area contributed by atoms with E-state index in [1.165, 1.54) is 6.33 Å². The molecule has 0 radical (unpaired) electrons. The molecule has 0 aliphatic heterocycles. The summed E-state index contributed by atoms with van der Waals surface area (Å²) in [6.07, 6.45) is 2.36. The topological polar surface area (TPSA) is 61.0 Å². The summed E-state index contributed by atoms with van der Waals surface area (Å²) in [6, 6.07) is 0. The SMILES string of the molecule is CCc1c(N)ncnc1OC(C)C(C)C. The van der Waals surface area contributed by atoms with Crippen molar-refractivity contribution in [3.8, 4) is 5.88 Å². The van der Waals surface area contributed by atoms with Gasteiger partial charge in [-0.1, -0.05) is 20.8 Å². The molecule has 4 heteroatoms. The van der Waals surface area contributed by atoms with Gasteiger partial charge in [-0.3, -0.25) is 0 Å². The van der Waals surface area contributed by atoms with Gasteiger partial charge in [0.15, 0.2) is 0 Å². The third kappa shape index (κ3) is 2.81. The predicted molar refractivity (Wildman–Crippen MR) is 60.8 cm³/mol. The highest BCUT2D eigenvalue weighted by molar-refractivity contribution is 5.44. The molecule has 4 nitrogen and oxygen atoms in total. The van der Waals surface area contributed by atoms with Crippen LogP contribution < -0.4 is 10.5 Å². The van der Waals surface area contributed by atoms with Gasteiger partial charge in [0.2, 0.25) is 5.88 Å². The van der Waals surface area contributed by atoms with E-state index in [-0.39, 0.29) is 6.10 Å². The van der Waals surface area contributed by atoms with Gasteiger partial charge in [0.1, 0.15) is 12.1 Å². The molecule has 0 saturated carbocycles. The summed E-state index contributed by atoms with van der Waals surface area (Å²) in [5, 5.41) is 0. The van der Waals surface area contributed by atoms with Crippen LogP contribution in [0.5, 0.6) is 5.88 Å². The Morgan fingerprint density at radius 3 is 2.53 bits per heavy atom. The van der Waals surface area contributed by atoms with Crippen molar-refractivity contribution in [3.63, 3.8) is 0 Å². The maximum Gasteiger partial charge on any atom is 0.222 e. The first-order valence-corrected chi connectivity index (χ1v) is 5.32. The average Bonchev–Trinajstić information content (AvgIpc) is 2.18. The highest BCUT2D eigenvalue weighted by Gasteiger charge is 2.14. The molecule has 1 aromatic heterocycles. The first-order valence-electron chi connectivity index (χ1n) is 5.32. The molecule has 0 fully saturated rings. The number of hydrogen-bond donors (Lipinski definition) is 1. The molecule has 0 amide bonds. The van der Waals surface area contributed by atoms with Gasteiger partial charge >= 0.3 is 0 Å².